The number of aryl methyl sites for hydroxylation is 1. The van der Waals surface area contributed by atoms with Crippen molar-refractivity contribution in [1.29, 1.82) is 0 Å². The molecule has 0 radical (unpaired) electrons. The van der Waals surface area contributed by atoms with Crippen LogP contribution in [0.3, 0.4) is 0 Å². The summed E-state index contributed by atoms with van der Waals surface area (Å²) in [5.74, 6) is -0.546. The number of nitrogens with zero attached hydrogens (tertiary/aromatic N) is 2. The van der Waals surface area contributed by atoms with Crippen LogP contribution in [0.5, 0.6) is 0 Å². The Kier molecular flexibility index (Phi) is 5.98. The lowest BCUT2D eigenvalue weighted by Crippen LogP contribution is -2.27. The fourth-order valence-corrected chi connectivity index (χ4v) is 5.66. The molecule has 1 aliphatic rings. The van der Waals surface area contributed by atoms with Crippen molar-refractivity contribution in [2.24, 2.45) is 5.10 Å². The van der Waals surface area contributed by atoms with Gasteiger partial charge in [0, 0.05) is 12.0 Å². The number of halogens is 1. The van der Waals surface area contributed by atoms with Crippen LogP contribution in [0.25, 0.3) is 0 Å². The molecule has 3 aromatic rings. The van der Waals surface area contributed by atoms with Gasteiger partial charge < -0.3 is 0 Å². The van der Waals surface area contributed by atoms with Gasteiger partial charge in [0.25, 0.3) is 10.0 Å². The van der Waals surface area contributed by atoms with Gasteiger partial charge in [0.1, 0.15) is 5.82 Å². The second kappa shape index (κ2) is 8.60. The molecule has 1 heterocycles. The summed E-state index contributed by atoms with van der Waals surface area (Å²) in [6, 6.07) is 18.0. The van der Waals surface area contributed by atoms with E-state index in [0.29, 0.717) is 17.0 Å². The highest BCUT2D eigenvalue weighted by molar-refractivity contribution is 7.92. The third-order valence-corrected chi connectivity index (χ3v) is 7.51. The van der Waals surface area contributed by atoms with Crippen LogP contribution in [-0.4, -0.2) is 33.2 Å². The maximum absolute atomic E-state index is 13.5. The number of hydrogen-bond acceptors (Lipinski definition) is 5. The molecule has 0 aliphatic carbocycles. The van der Waals surface area contributed by atoms with Gasteiger partial charge in [0.2, 0.25) is 10.0 Å². The highest BCUT2D eigenvalue weighted by Gasteiger charge is 2.38. The summed E-state index contributed by atoms with van der Waals surface area (Å²) in [5.41, 5.74) is 2.96. The molecule has 7 nitrogen and oxygen atoms in total. The van der Waals surface area contributed by atoms with E-state index in [4.69, 9.17) is 0 Å². The number of anilines is 1. The number of para-hydroxylation sites is 1. The summed E-state index contributed by atoms with van der Waals surface area (Å²) in [6.45, 7) is 1.93. The van der Waals surface area contributed by atoms with Crippen LogP contribution in [0.2, 0.25) is 0 Å². The van der Waals surface area contributed by atoms with E-state index in [-0.39, 0.29) is 11.3 Å². The van der Waals surface area contributed by atoms with Crippen molar-refractivity contribution >= 4 is 31.4 Å². The second-order valence-electron chi connectivity index (χ2n) is 7.83. The van der Waals surface area contributed by atoms with Crippen LogP contribution in [-0.2, 0) is 20.0 Å². The summed E-state index contributed by atoms with van der Waals surface area (Å²) in [5, 5.41) is 4.43. The van der Waals surface area contributed by atoms with Crippen molar-refractivity contribution in [2.75, 3.05) is 11.0 Å². The van der Waals surface area contributed by atoms with Crippen LogP contribution in [0.1, 0.15) is 29.2 Å². The molecule has 0 saturated carbocycles. The van der Waals surface area contributed by atoms with Gasteiger partial charge in [-0.1, -0.05) is 48.0 Å². The van der Waals surface area contributed by atoms with Crippen LogP contribution in [0, 0.1) is 12.7 Å². The van der Waals surface area contributed by atoms with Gasteiger partial charge in [-0.25, -0.2) is 12.8 Å². The lowest BCUT2D eigenvalue weighted by atomic mass is 9.98. The lowest BCUT2D eigenvalue weighted by molar-refractivity contribution is 0.371. The summed E-state index contributed by atoms with van der Waals surface area (Å²) in [6.07, 6.45) is 1.27. The number of sulfonamides is 2. The normalized spacial score (nSPS) is 16.5. The van der Waals surface area contributed by atoms with Gasteiger partial charge in [0.05, 0.1) is 28.6 Å². The van der Waals surface area contributed by atoms with E-state index < -0.39 is 31.9 Å². The van der Waals surface area contributed by atoms with E-state index in [9.17, 15) is 21.2 Å². The predicted molar refractivity (Wildman–Crippen MR) is 125 cm³/mol. The molecule has 4 rings (SSSR count). The molecule has 33 heavy (non-hydrogen) atoms. The molecule has 0 spiro atoms. The molecule has 0 amide bonds. The van der Waals surface area contributed by atoms with E-state index in [1.54, 1.807) is 24.3 Å². The van der Waals surface area contributed by atoms with E-state index in [2.05, 4.69) is 9.82 Å². The standard InChI is InChI=1S/C23H22FN3O4S2/c1-16-7-9-17(10-8-16)23-15-22(20-5-3-4-6-21(20)26-32(2,28)29)25-27(23)33(30,31)19-13-11-18(24)12-14-19/h3-14,23,26H,15H2,1-2H3/t23-/m1/s1. The average Bonchev–Trinajstić information content (AvgIpc) is 3.20. The fraction of sp³-hybridized carbons (Fsp3) is 0.174. The summed E-state index contributed by atoms with van der Waals surface area (Å²) < 4.78 is 67.5. The second-order valence-corrected chi connectivity index (χ2v) is 11.4. The van der Waals surface area contributed by atoms with Crippen molar-refractivity contribution in [3.8, 4) is 0 Å². The summed E-state index contributed by atoms with van der Waals surface area (Å²) in [7, 11) is -7.67. The number of hydrazone groups is 1. The molecule has 0 fully saturated rings. The van der Waals surface area contributed by atoms with Crippen molar-refractivity contribution in [1.82, 2.24) is 4.41 Å². The third kappa shape index (κ3) is 4.91. The van der Waals surface area contributed by atoms with E-state index >= 15 is 0 Å². The SMILES string of the molecule is Cc1ccc([C@H]2CC(c3ccccc3NS(C)(=O)=O)=NN2S(=O)(=O)c2ccc(F)cc2)cc1. The van der Waals surface area contributed by atoms with E-state index in [1.807, 2.05) is 31.2 Å². The molecular weight excluding hydrogens is 465 g/mol. The highest BCUT2D eigenvalue weighted by atomic mass is 32.2. The number of rotatable bonds is 6. The van der Waals surface area contributed by atoms with Gasteiger partial charge in [0.15, 0.2) is 0 Å². The molecular formula is C23H22FN3O4S2. The quantitative estimate of drug-likeness (QED) is 0.568. The first-order valence-electron chi connectivity index (χ1n) is 10.1. The van der Waals surface area contributed by atoms with Crippen LogP contribution < -0.4 is 4.72 Å². The van der Waals surface area contributed by atoms with Gasteiger partial charge in [-0.05, 0) is 42.8 Å². The Labute approximate surface area is 192 Å². The topological polar surface area (TPSA) is 95.9 Å². The summed E-state index contributed by atoms with van der Waals surface area (Å²) >= 11 is 0. The zero-order valence-corrected chi connectivity index (χ0v) is 19.6. The lowest BCUT2D eigenvalue weighted by Gasteiger charge is -2.23. The monoisotopic (exact) mass is 487 g/mol. The van der Waals surface area contributed by atoms with E-state index in [0.717, 1.165) is 33.9 Å². The molecule has 1 N–H and O–H groups in total. The largest absolute Gasteiger partial charge is 0.283 e. The first-order valence-corrected chi connectivity index (χ1v) is 13.4. The van der Waals surface area contributed by atoms with Crippen molar-refractivity contribution in [3.63, 3.8) is 0 Å². The zero-order chi connectivity index (χ0) is 23.8. The Morgan fingerprint density at radius 1 is 0.939 bits per heavy atom. The Hall–Kier alpha value is -3.24. The zero-order valence-electron chi connectivity index (χ0n) is 17.9. The van der Waals surface area contributed by atoms with Crippen molar-refractivity contribution in [2.45, 2.75) is 24.3 Å². The molecule has 0 unspecified atom stereocenters. The number of nitrogens with one attached hydrogen (secondary N) is 1. The third-order valence-electron chi connectivity index (χ3n) is 5.23. The van der Waals surface area contributed by atoms with Crippen LogP contribution >= 0.6 is 0 Å². The molecule has 1 atom stereocenters. The highest BCUT2D eigenvalue weighted by Crippen LogP contribution is 2.38. The summed E-state index contributed by atoms with van der Waals surface area (Å²) in [4.78, 5) is -0.0893. The van der Waals surface area contributed by atoms with E-state index in [1.165, 1.54) is 12.1 Å². The molecule has 3 aromatic carbocycles. The Morgan fingerprint density at radius 2 is 1.58 bits per heavy atom. The maximum atomic E-state index is 13.5. The minimum Gasteiger partial charge on any atom is -0.283 e. The Balaban J connectivity index is 1.83. The van der Waals surface area contributed by atoms with Gasteiger partial charge in [-0.2, -0.15) is 17.9 Å². The smallest absolute Gasteiger partial charge is 0.279 e. The minimum atomic E-state index is -4.11. The molecule has 1 aliphatic heterocycles. The predicted octanol–water partition coefficient (Wildman–Crippen LogP) is 4.05. The first-order chi connectivity index (χ1) is 15.5. The van der Waals surface area contributed by atoms with Crippen LogP contribution in [0.4, 0.5) is 10.1 Å². The molecule has 10 heteroatoms. The van der Waals surface area contributed by atoms with Gasteiger partial charge in [-0.15, -0.1) is 0 Å². The van der Waals surface area contributed by atoms with Crippen molar-refractivity contribution < 1.29 is 21.2 Å². The average molecular weight is 488 g/mol. The Bertz CT molecular complexity index is 1420. The Morgan fingerprint density at radius 3 is 2.21 bits per heavy atom. The molecule has 172 valence electrons. The van der Waals surface area contributed by atoms with Crippen molar-refractivity contribution in [3.05, 3.63) is 95.3 Å². The maximum Gasteiger partial charge on any atom is 0.279 e. The molecule has 0 bridgehead atoms. The number of benzene rings is 3. The van der Waals surface area contributed by atoms with Crippen LogP contribution in [0.15, 0.2) is 82.8 Å². The minimum absolute atomic E-state index is 0.0893. The molecule has 0 aromatic heterocycles. The first kappa shape index (κ1) is 22.9. The number of hydrogen-bond donors (Lipinski definition) is 1. The van der Waals surface area contributed by atoms with Gasteiger partial charge >= 0.3 is 0 Å². The van der Waals surface area contributed by atoms with Gasteiger partial charge in [-0.3, -0.25) is 4.72 Å². The molecule has 0 saturated heterocycles. The fourth-order valence-electron chi connectivity index (χ4n) is 3.65.